The van der Waals surface area contributed by atoms with E-state index in [2.05, 4.69) is 10.1 Å². The number of aromatic nitrogens is 2. The molecule has 0 aliphatic heterocycles. The van der Waals surface area contributed by atoms with Crippen molar-refractivity contribution < 1.29 is 9.26 Å². The van der Waals surface area contributed by atoms with E-state index in [9.17, 15) is 0 Å². The lowest BCUT2D eigenvalue weighted by Gasteiger charge is -2.05. The fourth-order valence-corrected chi connectivity index (χ4v) is 1.58. The minimum absolute atomic E-state index is 0.194. The molecule has 0 amide bonds. The molecule has 2 rings (SSSR count). The van der Waals surface area contributed by atoms with Crippen molar-refractivity contribution in [3.8, 4) is 17.1 Å². The molecular weight excluding hydrogens is 230 g/mol. The summed E-state index contributed by atoms with van der Waals surface area (Å²) in [6, 6.07) is 5.30. The monoisotopic (exact) mass is 239 g/mol. The van der Waals surface area contributed by atoms with Crippen molar-refractivity contribution in [1.82, 2.24) is 10.1 Å². The van der Waals surface area contributed by atoms with Crippen molar-refractivity contribution in [1.29, 1.82) is 0 Å². The summed E-state index contributed by atoms with van der Waals surface area (Å²) in [5, 5.41) is 4.30. The van der Waals surface area contributed by atoms with Gasteiger partial charge in [-0.15, -0.1) is 0 Å². The topological polar surface area (TPSA) is 74.2 Å². The first-order valence-corrected chi connectivity index (χ1v) is 4.99. The zero-order valence-corrected chi connectivity index (χ0v) is 9.36. The molecule has 1 aromatic carbocycles. The summed E-state index contributed by atoms with van der Waals surface area (Å²) in [4.78, 5) is 4.10. The van der Waals surface area contributed by atoms with Crippen LogP contribution in [-0.4, -0.2) is 17.3 Å². The van der Waals surface area contributed by atoms with Crippen molar-refractivity contribution in [3.63, 3.8) is 0 Å². The number of methoxy groups -OCH3 is 1. The van der Waals surface area contributed by atoms with Crippen LogP contribution in [-0.2, 0) is 6.54 Å². The second-order valence-electron chi connectivity index (χ2n) is 3.03. The van der Waals surface area contributed by atoms with Gasteiger partial charge in [0.2, 0.25) is 11.7 Å². The molecule has 1 aromatic heterocycles. The van der Waals surface area contributed by atoms with Gasteiger partial charge in [0.15, 0.2) is 0 Å². The van der Waals surface area contributed by atoms with Crippen LogP contribution in [0.4, 0.5) is 0 Å². The van der Waals surface area contributed by atoms with E-state index in [1.807, 2.05) is 0 Å². The number of hydrogen-bond acceptors (Lipinski definition) is 5. The molecule has 0 atom stereocenters. The third-order valence-electron chi connectivity index (χ3n) is 2.06. The zero-order chi connectivity index (χ0) is 11.5. The van der Waals surface area contributed by atoms with Crippen LogP contribution in [0.5, 0.6) is 5.75 Å². The average Bonchev–Trinajstić information content (AvgIpc) is 2.76. The Balaban J connectivity index is 2.53. The third-order valence-corrected chi connectivity index (χ3v) is 2.38. The Bertz CT molecular complexity index is 499. The van der Waals surface area contributed by atoms with Crippen molar-refractivity contribution in [2.24, 2.45) is 5.73 Å². The fraction of sp³-hybridized carbons (Fsp3) is 0.200. The van der Waals surface area contributed by atoms with Crippen LogP contribution >= 0.6 is 11.6 Å². The van der Waals surface area contributed by atoms with E-state index >= 15 is 0 Å². The van der Waals surface area contributed by atoms with E-state index in [-0.39, 0.29) is 6.54 Å². The third kappa shape index (κ3) is 1.87. The quantitative estimate of drug-likeness (QED) is 0.885. The molecule has 0 saturated carbocycles. The highest BCUT2D eigenvalue weighted by atomic mass is 35.5. The number of ether oxygens (including phenoxy) is 1. The normalized spacial score (nSPS) is 10.4. The first kappa shape index (κ1) is 10.9. The Morgan fingerprint density at radius 1 is 1.50 bits per heavy atom. The largest absolute Gasteiger partial charge is 0.496 e. The van der Waals surface area contributed by atoms with Crippen LogP contribution in [0.1, 0.15) is 5.89 Å². The predicted molar refractivity (Wildman–Crippen MR) is 59.2 cm³/mol. The molecule has 84 valence electrons. The number of rotatable bonds is 3. The summed E-state index contributed by atoms with van der Waals surface area (Å²) < 4.78 is 10.1. The Hall–Kier alpha value is -1.59. The molecule has 2 aromatic rings. The van der Waals surface area contributed by atoms with Crippen molar-refractivity contribution in [3.05, 3.63) is 29.1 Å². The van der Waals surface area contributed by atoms with Crippen LogP contribution in [0.2, 0.25) is 5.02 Å². The van der Waals surface area contributed by atoms with Gasteiger partial charge in [0.25, 0.3) is 0 Å². The van der Waals surface area contributed by atoms with Gasteiger partial charge in [-0.2, -0.15) is 4.98 Å². The molecule has 5 nitrogen and oxygen atoms in total. The molecule has 6 heteroatoms. The Labute approximate surface area is 97.2 Å². The Morgan fingerprint density at radius 3 is 2.94 bits per heavy atom. The lowest BCUT2D eigenvalue weighted by molar-refractivity contribution is 0.380. The second-order valence-corrected chi connectivity index (χ2v) is 3.44. The molecule has 0 saturated heterocycles. The minimum atomic E-state index is 0.194. The number of nitrogens with zero attached hydrogens (tertiary/aromatic N) is 2. The molecule has 0 unspecified atom stereocenters. The van der Waals surface area contributed by atoms with E-state index < -0.39 is 0 Å². The Morgan fingerprint density at radius 2 is 2.31 bits per heavy atom. The summed E-state index contributed by atoms with van der Waals surface area (Å²) in [6.07, 6.45) is 0. The van der Waals surface area contributed by atoms with Gasteiger partial charge in [-0.25, -0.2) is 0 Å². The van der Waals surface area contributed by atoms with Crippen LogP contribution in [0.3, 0.4) is 0 Å². The lowest BCUT2D eigenvalue weighted by Crippen LogP contribution is -1.96. The van der Waals surface area contributed by atoms with Gasteiger partial charge in [-0.05, 0) is 12.1 Å². The van der Waals surface area contributed by atoms with Gasteiger partial charge < -0.3 is 15.0 Å². The van der Waals surface area contributed by atoms with Gasteiger partial charge in [-0.3, -0.25) is 0 Å². The van der Waals surface area contributed by atoms with Crippen LogP contribution in [0.15, 0.2) is 22.7 Å². The molecule has 0 aliphatic carbocycles. The summed E-state index contributed by atoms with van der Waals surface area (Å²) in [5.41, 5.74) is 6.00. The highest BCUT2D eigenvalue weighted by Crippen LogP contribution is 2.34. The van der Waals surface area contributed by atoms with Gasteiger partial charge >= 0.3 is 0 Å². The van der Waals surface area contributed by atoms with E-state index in [1.165, 1.54) is 0 Å². The van der Waals surface area contributed by atoms with Gasteiger partial charge in [-0.1, -0.05) is 22.8 Å². The molecule has 16 heavy (non-hydrogen) atoms. The van der Waals surface area contributed by atoms with Crippen molar-refractivity contribution in [2.45, 2.75) is 6.54 Å². The standard InChI is InChI=1S/C10H10ClN3O2/c1-15-7-4-2-3-6(11)9(7)10-13-8(5-12)16-14-10/h2-4H,5,12H2,1H3. The highest BCUT2D eigenvalue weighted by Gasteiger charge is 2.15. The molecular formula is C10H10ClN3O2. The van der Waals surface area contributed by atoms with Gasteiger partial charge in [0.1, 0.15) is 5.75 Å². The SMILES string of the molecule is COc1cccc(Cl)c1-c1noc(CN)n1. The maximum absolute atomic E-state index is 6.06. The first-order chi connectivity index (χ1) is 7.76. The number of halogens is 1. The van der Waals surface area contributed by atoms with E-state index in [0.29, 0.717) is 28.1 Å². The van der Waals surface area contributed by atoms with Crippen LogP contribution < -0.4 is 10.5 Å². The van der Waals surface area contributed by atoms with Crippen LogP contribution in [0, 0.1) is 0 Å². The van der Waals surface area contributed by atoms with Crippen LogP contribution in [0.25, 0.3) is 11.4 Å². The molecule has 0 radical (unpaired) electrons. The number of nitrogens with two attached hydrogens (primary N) is 1. The lowest BCUT2D eigenvalue weighted by atomic mass is 10.2. The maximum atomic E-state index is 6.06. The molecule has 1 heterocycles. The molecule has 0 fully saturated rings. The summed E-state index contributed by atoms with van der Waals surface area (Å²) in [7, 11) is 1.55. The van der Waals surface area contributed by atoms with Crippen molar-refractivity contribution in [2.75, 3.05) is 7.11 Å². The summed E-state index contributed by atoms with van der Waals surface area (Å²) in [6.45, 7) is 0.194. The molecule has 0 bridgehead atoms. The van der Waals surface area contributed by atoms with E-state index in [0.717, 1.165) is 0 Å². The van der Waals surface area contributed by atoms with Gasteiger partial charge in [0, 0.05) is 0 Å². The predicted octanol–water partition coefficient (Wildman–Crippen LogP) is 1.86. The molecule has 0 spiro atoms. The Kier molecular flexibility index (Phi) is 3.07. The smallest absolute Gasteiger partial charge is 0.240 e. The van der Waals surface area contributed by atoms with E-state index in [4.69, 9.17) is 26.6 Å². The first-order valence-electron chi connectivity index (χ1n) is 4.61. The minimum Gasteiger partial charge on any atom is -0.496 e. The van der Waals surface area contributed by atoms with Gasteiger partial charge in [0.05, 0.1) is 24.2 Å². The summed E-state index contributed by atoms with van der Waals surface area (Å²) in [5.74, 6) is 1.33. The average molecular weight is 240 g/mol. The van der Waals surface area contributed by atoms with E-state index in [1.54, 1.807) is 25.3 Å². The second kappa shape index (κ2) is 4.51. The van der Waals surface area contributed by atoms with Crippen molar-refractivity contribution >= 4 is 11.6 Å². The fourth-order valence-electron chi connectivity index (χ4n) is 1.33. The highest BCUT2D eigenvalue weighted by molar-refractivity contribution is 6.33. The maximum Gasteiger partial charge on any atom is 0.240 e. The number of hydrogen-bond donors (Lipinski definition) is 1. The summed E-state index contributed by atoms with van der Waals surface area (Å²) >= 11 is 6.06. The molecule has 2 N–H and O–H groups in total. The zero-order valence-electron chi connectivity index (χ0n) is 8.61. The number of benzene rings is 1. The molecule has 0 aliphatic rings.